The van der Waals surface area contributed by atoms with E-state index in [1.54, 1.807) is 14.0 Å². The molecule has 3 aromatic rings. The molecule has 0 atom stereocenters. The van der Waals surface area contributed by atoms with Crippen LogP contribution in [0.15, 0.2) is 33.6 Å². The van der Waals surface area contributed by atoms with Gasteiger partial charge >= 0.3 is 0 Å². The Hall–Kier alpha value is -2.75. The summed E-state index contributed by atoms with van der Waals surface area (Å²) >= 11 is 0. The van der Waals surface area contributed by atoms with Gasteiger partial charge in [-0.1, -0.05) is 5.16 Å². The summed E-state index contributed by atoms with van der Waals surface area (Å²) in [7, 11) is 1.61. The molecule has 0 fully saturated rings. The predicted octanol–water partition coefficient (Wildman–Crippen LogP) is -0.111. The summed E-state index contributed by atoms with van der Waals surface area (Å²) < 4.78 is 10.2. The van der Waals surface area contributed by atoms with Gasteiger partial charge in [0.1, 0.15) is 17.2 Å². The highest BCUT2D eigenvalue weighted by Gasteiger charge is 2.15. The highest BCUT2D eigenvalue weighted by atomic mass is 16.5. The summed E-state index contributed by atoms with van der Waals surface area (Å²) in [5.74, 6) is 9.32. The molecule has 2 aromatic heterocycles. The summed E-state index contributed by atoms with van der Waals surface area (Å²) in [6, 6.07) is 7.39. The molecule has 9 nitrogen and oxygen atoms in total. The molecule has 0 aliphatic rings. The van der Waals surface area contributed by atoms with Gasteiger partial charge in [-0.3, -0.25) is 16.5 Å². The fourth-order valence-corrected chi connectivity index (χ4v) is 1.98. The average Bonchev–Trinajstić information content (AvgIpc) is 2.93. The normalized spacial score (nSPS) is 9.64. The number of fused-ring (bicyclic) bond motifs is 1. The zero-order valence-electron chi connectivity index (χ0n) is 12.1. The van der Waals surface area contributed by atoms with Crippen molar-refractivity contribution in [1.29, 1.82) is 0 Å². The maximum absolute atomic E-state index is 11.6. The van der Waals surface area contributed by atoms with E-state index in [0.717, 1.165) is 11.3 Å². The van der Waals surface area contributed by atoms with Gasteiger partial charge in [-0.2, -0.15) is 5.10 Å². The Morgan fingerprint density at radius 3 is 2.45 bits per heavy atom. The Labute approximate surface area is 125 Å². The fraction of sp³-hybridized carbons (Fsp3) is 0.154. The standard InChI is InChI=1S/C13H11N3O3.H4N2.H2O/c1-7-10-11(8-3-5-9(18-2)6-4-8)14-15-13(17)12(10)16-19-7;1-2;/h3-6H,1-2H3,(H,15,17);1-2H2;1H2. The van der Waals surface area contributed by atoms with E-state index in [4.69, 9.17) is 9.26 Å². The lowest BCUT2D eigenvalue weighted by Crippen LogP contribution is -2.09. The number of hydrogen-bond donors (Lipinski definition) is 3. The second-order valence-electron chi connectivity index (χ2n) is 4.09. The van der Waals surface area contributed by atoms with Crippen molar-refractivity contribution in [2.45, 2.75) is 6.92 Å². The minimum atomic E-state index is -0.357. The van der Waals surface area contributed by atoms with Gasteiger partial charge in [0, 0.05) is 5.56 Å². The Balaban J connectivity index is 0.000000775. The summed E-state index contributed by atoms with van der Waals surface area (Å²) in [4.78, 5) is 11.6. The molecule has 3 rings (SSSR count). The van der Waals surface area contributed by atoms with E-state index in [1.807, 2.05) is 24.3 Å². The van der Waals surface area contributed by atoms with Crippen LogP contribution in [0.4, 0.5) is 0 Å². The lowest BCUT2D eigenvalue weighted by Gasteiger charge is -2.03. The van der Waals surface area contributed by atoms with Crippen LogP contribution >= 0.6 is 0 Å². The van der Waals surface area contributed by atoms with Crippen LogP contribution in [-0.2, 0) is 0 Å². The summed E-state index contributed by atoms with van der Waals surface area (Å²) in [6.07, 6.45) is 0. The summed E-state index contributed by atoms with van der Waals surface area (Å²) in [5, 5.41) is 10.9. The quantitative estimate of drug-likeness (QED) is 0.438. The number of benzene rings is 1. The third-order valence-corrected chi connectivity index (χ3v) is 2.95. The van der Waals surface area contributed by atoms with Gasteiger partial charge in [-0.15, -0.1) is 0 Å². The minimum Gasteiger partial charge on any atom is -0.497 e. The van der Waals surface area contributed by atoms with Crippen molar-refractivity contribution in [3.8, 4) is 17.0 Å². The summed E-state index contributed by atoms with van der Waals surface area (Å²) in [5.41, 5.74) is 1.40. The molecule has 118 valence electrons. The maximum Gasteiger partial charge on any atom is 0.294 e. The zero-order chi connectivity index (χ0) is 15.4. The van der Waals surface area contributed by atoms with Crippen LogP contribution in [-0.4, -0.2) is 27.9 Å². The van der Waals surface area contributed by atoms with Gasteiger partial charge in [-0.05, 0) is 31.2 Å². The number of nitrogens with one attached hydrogen (secondary N) is 1. The van der Waals surface area contributed by atoms with Crippen molar-refractivity contribution in [3.05, 3.63) is 40.4 Å². The molecule has 0 saturated carbocycles. The number of rotatable bonds is 2. The molecule has 0 aliphatic heterocycles. The number of hydrogen-bond acceptors (Lipinski definition) is 7. The number of aryl methyl sites for hydroxylation is 1. The monoisotopic (exact) mass is 307 g/mol. The first kappa shape index (κ1) is 17.3. The second-order valence-corrected chi connectivity index (χ2v) is 4.09. The number of nitrogens with two attached hydrogens (primary N) is 2. The fourth-order valence-electron chi connectivity index (χ4n) is 1.98. The minimum absolute atomic E-state index is 0. The molecular weight excluding hydrogens is 290 g/mol. The molecule has 1 aromatic carbocycles. The van der Waals surface area contributed by atoms with Gasteiger partial charge < -0.3 is 14.7 Å². The molecule has 0 saturated heterocycles. The Bertz CT molecular complexity index is 794. The van der Waals surface area contributed by atoms with E-state index in [1.165, 1.54) is 0 Å². The largest absolute Gasteiger partial charge is 0.497 e. The molecule has 0 aliphatic carbocycles. The van der Waals surface area contributed by atoms with E-state index >= 15 is 0 Å². The van der Waals surface area contributed by atoms with Crippen LogP contribution in [0, 0.1) is 6.92 Å². The first-order valence-electron chi connectivity index (χ1n) is 6.03. The van der Waals surface area contributed by atoms with Gasteiger partial charge in [0.05, 0.1) is 12.5 Å². The molecule has 2 heterocycles. The van der Waals surface area contributed by atoms with Crippen molar-refractivity contribution in [1.82, 2.24) is 15.4 Å². The van der Waals surface area contributed by atoms with Gasteiger partial charge in [0.15, 0.2) is 5.52 Å². The number of ether oxygens (including phenoxy) is 1. The first-order valence-corrected chi connectivity index (χ1v) is 6.03. The van der Waals surface area contributed by atoms with Crippen molar-refractivity contribution < 1.29 is 14.7 Å². The lowest BCUT2D eigenvalue weighted by atomic mass is 10.1. The van der Waals surface area contributed by atoms with Crippen molar-refractivity contribution >= 4 is 10.9 Å². The third-order valence-electron chi connectivity index (χ3n) is 2.95. The van der Waals surface area contributed by atoms with Crippen molar-refractivity contribution in [2.75, 3.05) is 7.11 Å². The Morgan fingerprint density at radius 2 is 1.86 bits per heavy atom. The van der Waals surface area contributed by atoms with Crippen LogP contribution in [0.3, 0.4) is 0 Å². The highest BCUT2D eigenvalue weighted by Crippen LogP contribution is 2.27. The lowest BCUT2D eigenvalue weighted by molar-refractivity contribution is 0.405. The van der Waals surface area contributed by atoms with E-state index in [-0.39, 0.29) is 16.6 Å². The topological polar surface area (TPSA) is 165 Å². The van der Waals surface area contributed by atoms with Crippen LogP contribution < -0.4 is 22.0 Å². The number of aromatic amines is 1. The number of nitrogens with zero attached hydrogens (tertiary/aromatic N) is 2. The molecule has 0 radical (unpaired) electrons. The van der Waals surface area contributed by atoms with E-state index in [2.05, 4.69) is 27.0 Å². The van der Waals surface area contributed by atoms with Crippen LogP contribution in [0.2, 0.25) is 0 Å². The number of methoxy groups -OCH3 is 1. The number of hydrazine groups is 1. The smallest absolute Gasteiger partial charge is 0.294 e. The van der Waals surface area contributed by atoms with Crippen LogP contribution in [0.1, 0.15) is 5.76 Å². The molecule has 7 N–H and O–H groups in total. The van der Waals surface area contributed by atoms with Crippen molar-refractivity contribution in [2.24, 2.45) is 11.7 Å². The van der Waals surface area contributed by atoms with E-state index < -0.39 is 0 Å². The molecular formula is C13H17N5O4. The second kappa shape index (κ2) is 7.31. The number of H-pyrrole nitrogens is 1. The predicted molar refractivity (Wildman–Crippen MR) is 81.1 cm³/mol. The zero-order valence-corrected chi connectivity index (χ0v) is 12.1. The molecule has 0 unspecified atom stereocenters. The molecule has 9 heteroatoms. The summed E-state index contributed by atoms with van der Waals surface area (Å²) in [6.45, 7) is 1.75. The Kier molecular flexibility index (Phi) is 5.75. The average molecular weight is 307 g/mol. The Morgan fingerprint density at radius 1 is 1.23 bits per heavy atom. The van der Waals surface area contributed by atoms with Gasteiger partial charge in [0.2, 0.25) is 0 Å². The highest BCUT2D eigenvalue weighted by molar-refractivity contribution is 5.92. The maximum atomic E-state index is 11.6. The van der Waals surface area contributed by atoms with Gasteiger partial charge in [-0.25, -0.2) is 5.10 Å². The van der Waals surface area contributed by atoms with Crippen LogP contribution in [0.5, 0.6) is 5.75 Å². The SMILES string of the molecule is COc1ccc(-c2n[nH]c(=O)c3noc(C)c23)cc1.NN.O. The van der Waals surface area contributed by atoms with Gasteiger partial charge in [0.25, 0.3) is 5.56 Å². The molecule has 0 spiro atoms. The van der Waals surface area contributed by atoms with Crippen LogP contribution in [0.25, 0.3) is 22.2 Å². The molecule has 0 amide bonds. The van der Waals surface area contributed by atoms with E-state index in [9.17, 15) is 4.79 Å². The van der Waals surface area contributed by atoms with E-state index in [0.29, 0.717) is 16.8 Å². The molecule has 0 bridgehead atoms. The first-order chi connectivity index (χ1) is 10.2. The molecule has 22 heavy (non-hydrogen) atoms. The van der Waals surface area contributed by atoms with Crippen molar-refractivity contribution in [3.63, 3.8) is 0 Å². The third kappa shape index (κ3) is 2.96. The number of aromatic nitrogens is 3.